The van der Waals surface area contributed by atoms with Gasteiger partial charge in [0.2, 0.25) is 0 Å². The lowest BCUT2D eigenvalue weighted by atomic mass is 10.1. The molecule has 0 aliphatic carbocycles. The number of hydrogen-bond donors (Lipinski definition) is 2. The summed E-state index contributed by atoms with van der Waals surface area (Å²) in [5.41, 5.74) is 0. The SMILES string of the molecule is CCCCCCCCCCCC[N+](C)(C)CC(=O)NCCSSCCNC(=O)C[N+](C)(C)CCCCCCCCCCCC.[Cl-].[Cl-]. The van der Waals surface area contributed by atoms with Gasteiger partial charge in [0.05, 0.1) is 41.3 Å². The molecule has 0 spiro atoms. The highest BCUT2D eigenvalue weighted by Crippen LogP contribution is 2.19. The first-order valence-corrected chi connectivity index (χ1v) is 21.0. The molecule has 0 radical (unpaired) electrons. The van der Waals surface area contributed by atoms with E-state index in [2.05, 4.69) is 52.7 Å². The van der Waals surface area contributed by atoms with E-state index < -0.39 is 0 Å². The number of hydrogen-bond acceptors (Lipinski definition) is 4. The maximum absolute atomic E-state index is 12.4. The van der Waals surface area contributed by atoms with Crippen LogP contribution < -0.4 is 35.4 Å². The minimum atomic E-state index is 0. The van der Waals surface area contributed by atoms with Gasteiger partial charge in [-0.2, -0.15) is 0 Å². The van der Waals surface area contributed by atoms with Crippen LogP contribution >= 0.6 is 21.6 Å². The molecule has 0 saturated carbocycles. The number of nitrogens with one attached hydrogen (secondary N) is 2. The lowest BCUT2D eigenvalue weighted by Gasteiger charge is -2.29. The molecular formula is C36H76Cl2N4O2S2. The number of quaternary nitrogens is 2. The second kappa shape index (κ2) is 35.0. The Labute approximate surface area is 307 Å². The normalized spacial score (nSPS) is 11.5. The van der Waals surface area contributed by atoms with Gasteiger partial charge >= 0.3 is 0 Å². The molecule has 0 saturated heterocycles. The number of carbonyl (C=O) groups excluding carboxylic acids is 2. The van der Waals surface area contributed by atoms with Crippen LogP contribution in [0.5, 0.6) is 0 Å². The summed E-state index contributed by atoms with van der Waals surface area (Å²) in [6.07, 6.45) is 26.9. The predicted octanol–water partition coefficient (Wildman–Crippen LogP) is 2.60. The van der Waals surface area contributed by atoms with Gasteiger partial charge in [0.1, 0.15) is 0 Å². The van der Waals surface area contributed by atoms with Gasteiger partial charge < -0.3 is 44.4 Å². The summed E-state index contributed by atoms with van der Waals surface area (Å²) in [4.78, 5) is 24.9. The molecule has 278 valence electrons. The van der Waals surface area contributed by atoms with Crippen LogP contribution in [0.25, 0.3) is 0 Å². The van der Waals surface area contributed by atoms with E-state index in [1.165, 1.54) is 128 Å². The van der Waals surface area contributed by atoms with Crippen molar-refractivity contribution in [3.05, 3.63) is 0 Å². The van der Waals surface area contributed by atoms with E-state index >= 15 is 0 Å². The van der Waals surface area contributed by atoms with Crippen LogP contribution in [-0.2, 0) is 9.59 Å². The number of nitrogens with zero attached hydrogens (tertiary/aromatic N) is 2. The lowest BCUT2D eigenvalue weighted by molar-refractivity contribution is -0.882. The standard InChI is InChI=1S/C36H74N4O2S2.2ClH/c1-7-9-11-13-15-17-19-21-23-25-29-39(3,4)33-35(41)37-27-31-43-44-32-28-38-36(42)34-40(5,6)30-26-24-22-20-18-16-14-12-10-8-2;;/h7-34H2,1-6H3;2*1H. The zero-order valence-corrected chi connectivity index (χ0v) is 34.2. The van der Waals surface area contributed by atoms with Crippen molar-refractivity contribution in [1.82, 2.24) is 10.6 Å². The Morgan fingerprint density at radius 1 is 0.457 bits per heavy atom. The van der Waals surface area contributed by atoms with Crippen LogP contribution in [0, 0.1) is 0 Å². The lowest BCUT2D eigenvalue weighted by Crippen LogP contribution is -3.00. The third-order valence-electron chi connectivity index (χ3n) is 8.48. The van der Waals surface area contributed by atoms with Crippen LogP contribution in [0.3, 0.4) is 0 Å². The molecule has 0 rings (SSSR count). The second-order valence-corrected chi connectivity index (χ2v) is 17.0. The van der Waals surface area contributed by atoms with Crippen molar-refractivity contribution in [2.75, 3.05) is 79.0 Å². The molecule has 0 unspecified atom stereocenters. The Morgan fingerprint density at radius 2 is 0.717 bits per heavy atom. The fourth-order valence-electron chi connectivity index (χ4n) is 5.68. The van der Waals surface area contributed by atoms with Crippen molar-refractivity contribution in [3.8, 4) is 0 Å². The topological polar surface area (TPSA) is 58.2 Å². The minimum Gasteiger partial charge on any atom is -1.00 e. The quantitative estimate of drug-likeness (QED) is 0.0620. The summed E-state index contributed by atoms with van der Waals surface area (Å²) in [6.45, 7) is 9.18. The molecule has 0 bridgehead atoms. The smallest absolute Gasteiger partial charge is 0.275 e. The molecule has 2 N–H and O–H groups in total. The Balaban J connectivity index is -0.00000924. The zero-order chi connectivity index (χ0) is 32.8. The number of unbranched alkanes of at least 4 members (excludes halogenated alkanes) is 18. The molecule has 6 nitrogen and oxygen atoms in total. The Hall–Kier alpha value is 0.140. The molecule has 0 fully saturated rings. The van der Waals surface area contributed by atoms with E-state index in [0.29, 0.717) is 26.2 Å². The van der Waals surface area contributed by atoms with Gasteiger partial charge in [0.25, 0.3) is 11.8 Å². The van der Waals surface area contributed by atoms with E-state index in [-0.39, 0.29) is 36.6 Å². The number of carbonyl (C=O) groups is 2. The predicted molar refractivity (Wildman–Crippen MR) is 198 cm³/mol. The number of likely N-dealkylation sites (N-methyl/N-ethyl adjacent to an activating group) is 2. The van der Waals surface area contributed by atoms with Crippen molar-refractivity contribution in [2.24, 2.45) is 0 Å². The molecule has 2 amide bonds. The fourth-order valence-corrected chi connectivity index (χ4v) is 7.50. The van der Waals surface area contributed by atoms with Crippen molar-refractivity contribution in [1.29, 1.82) is 0 Å². The highest BCUT2D eigenvalue weighted by atomic mass is 35.5. The molecule has 0 aromatic carbocycles. The van der Waals surface area contributed by atoms with Gasteiger partial charge in [-0.05, 0) is 25.7 Å². The third kappa shape index (κ3) is 37.0. The molecule has 0 aromatic rings. The highest BCUT2D eigenvalue weighted by Gasteiger charge is 2.20. The van der Waals surface area contributed by atoms with Crippen LogP contribution in [0.2, 0.25) is 0 Å². The molecular weight excluding hydrogens is 655 g/mol. The number of rotatable bonds is 33. The van der Waals surface area contributed by atoms with Crippen molar-refractivity contribution in [3.63, 3.8) is 0 Å². The van der Waals surface area contributed by atoms with E-state index in [0.717, 1.165) is 33.6 Å². The molecule has 0 atom stereocenters. The summed E-state index contributed by atoms with van der Waals surface area (Å²) in [5, 5.41) is 6.18. The van der Waals surface area contributed by atoms with E-state index in [4.69, 9.17) is 0 Å². The number of amides is 2. The summed E-state index contributed by atoms with van der Waals surface area (Å²) in [5.74, 6) is 2.08. The maximum Gasteiger partial charge on any atom is 0.275 e. The molecule has 0 heterocycles. The molecule has 0 aliphatic rings. The maximum atomic E-state index is 12.4. The summed E-state index contributed by atoms with van der Waals surface area (Å²) < 4.78 is 1.53. The molecule has 10 heteroatoms. The van der Waals surface area contributed by atoms with Gasteiger partial charge in [-0.1, -0.05) is 138 Å². The van der Waals surface area contributed by atoms with Crippen LogP contribution in [0.1, 0.15) is 142 Å². The van der Waals surface area contributed by atoms with E-state index in [1.807, 2.05) is 0 Å². The van der Waals surface area contributed by atoms with E-state index in [1.54, 1.807) is 21.6 Å². The first-order valence-electron chi connectivity index (χ1n) is 18.5. The van der Waals surface area contributed by atoms with Gasteiger partial charge in [-0.15, -0.1) is 0 Å². The van der Waals surface area contributed by atoms with Crippen molar-refractivity contribution in [2.45, 2.75) is 142 Å². The third-order valence-corrected chi connectivity index (χ3v) is 10.9. The second-order valence-electron chi connectivity index (χ2n) is 14.3. The summed E-state index contributed by atoms with van der Waals surface area (Å²) in [7, 11) is 12.2. The minimum absolute atomic E-state index is 0. The number of halogens is 2. The van der Waals surface area contributed by atoms with Gasteiger partial charge in [-0.3, -0.25) is 9.59 Å². The van der Waals surface area contributed by atoms with Crippen LogP contribution in [0.4, 0.5) is 0 Å². The monoisotopic (exact) mass is 730 g/mol. The van der Waals surface area contributed by atoms with Gasteiger partial charge in [0, 0.05) is 24.6 Å². The fraction of sp³-hybridized carbons (Fsp3) is 0.944. The molecule has 0 aliphatic heterocycles. The van der Waals surface area contributed by atoms with E-state index in [9.17, 15) is 9.59 Å². The summed E-state index contributed by atoms with van der Waals surface area (Å²) >= 11 is 0. The van der Waals surface area contributed by atoms with Crippen LogP contribution in [-0.4, -0.2) is 99.7 Å². The Kier molecular flexibility index (Phi) is 38.4. The van der Waals surface area contributed by atoms with Crippen molar-refractivity contribution >= 4 is 33.4 Å². The average Bonchev–Trinajstić information content (AvgIpc) is 2.95. The van der Waals surface area contributed by atoms with Gasteiger partial charge in [0.15, 0.2) is 13.1 Å². The van der Waals surface area contributed by atoms with Crippen LogP contribution in [0.15, 0.2) is 0 Å². The highest BCUT2D eigenvalue weighted by molar-refractivity contribution is 8.76. The molecule has 0 aromatic heterocycles. The largest absolute Gasteiger partial charge is 1.00 e. The average molecular weight is 732 g/mol. The first-order chi connectivity index (χ1) is 21.1. The first kappa shape index (κ1) is 50.5. The summed E-state index contributed by atoms with van der Waals surface area (Å²) in [6, 6.07) is 0. The molecule has 46 heavy (non-hydrogen) atoms. The van der Waals surface area contributed by atoms with Crippen molar-refractivity contribution < 1.29 is 43.4 Å². The Morgan fingerprint density at radius 3 is 1.00 bits per heavy atom. The zero-order valence-electron chi connectivity index (χ0n) is 31.1. The van der Waals surface area contributed by atoms with Gasteiger partial charge in [-0.25, -0.2) is 0 Å². The Bertz CT molecular complexity index is 632.